The summed E-state index contributed by atoms with van der Waals surface area (Å²) in [6, 6.07) is 8.42. The topological polar surface area (TPSA) is 41.1 Å². The fraction of sp³-hybridized carbons (Fsp3) is 0.400. The van der Waals surface area contributed by atoms with Crippen LogP contribution in [0.25, 0.3) is 6.08 Å². The van der Waals surface area contributed by atoms with Crippen molar-refractivity contribution in [3.8, 4) is 0 Å². The third-order valence-electron chi connectivity index (χ3n) is 3.26. The summed E-state index contributed by atoms with van der Waals surface area (Å²) in [6.07, 6.45) is 8.25. The molecule has 0 aliphatic heterocycles. The minimum Gasteiger partial charge on any atom is -0.335 e. The highest BCUT2D eigenvalue weighted by Gasteiger charge is 2.16. The van der Waals surface area contributed by atoms with Crippen molar-refractivity contribution in [1.82, 2.24) is 10.6 Å². The van der Waals surface area contributed by atoms with E-state index >= 15 is 0 Å². The van der Waals surface area contributed by atoms with Crippen LogP contribution in [-0.2, 0) is 0 Å². The first-order valence-electron chi connectivity index (χ1n) is 6.54. The summed E-state index contributed by atoms with van der Waals surface area (Å²) in [5.74, 6) is 0. The predicted molar refractivity (Wildman–Crippen MR) is 74.1 cm³/mol. The van der Waals surface area contributed by atoms with E-state index in [0.29, 0.717) is 6.04 Å². The summed E-state index contributed by atoms with van der Waals surface area (Å²) in [5, 5.41) is 5.71. The van der Waals surface area contributed by atoms with Gasteiger partial charge < -0.3 is 10.6 Å². The van der Waals surface area contributed by atoms with Crippen LogP contribution in [0.2, 0.25) is 0 Å². The first-order chi connectivity index (χ1) is 8.74. The van der Waals surface area contributed by atoms with Gasteiger partial charge in [0.25, 0.3) is 0 Å². The number of nitrogens with one attached hydrogen (secondary N) is 2. The van der Waals surface area contributed by atoms with E-state index < -0.39 is 0 Å². The number of rotatable bonds is 3. The molecule has 3 nitrogen and oxygen atoms in total. The van der Waals surface area contributed by atoms with Crippen molar-refractivity contribution >= 4 is 12.1 Å². The molecule has 1 aliphatic carbocycles. The lowest BCUT2D eigenvalue weighted by molar-refractivity contribution is 0.240. The standard InChI is InChI=1S/C15H20N2O/c1-12-6-8-13(9-7-12)10-11-16-15(18)17-14-4-2-3-5-14/h6-11,14H,2-5H2,1H3,(H2,16,17,18)/b11-10+. The van der Waals surface area contributed by atoms with Crippen LogP contribution in [0.5, 0.6) is 0 Å². The van der Waals surface area contributed by atoms with Crippen molar-refractivity contribution < 1.29 is 4.79 Å². The number of hydrogen-bond acceptors (Lipinski definition) is 1. The monoisotopic (exact) mass is 244 g/mol. The summed E-state index contributed by atoms with van der Waals surface area (Å²) < 4.78 is 0. The van der Waals surface area contributed by atoms with E-state index in [1.807, 2.05) is 18.2 Å². The molecule has 0 aromatic heterocycles. The molecule has 0 saturated heterocycles. The molecule has 96 valence electrons. The molecule has 1 saturated carbocycles. The quantitative estimate of drug-likeness (QED) is 0.842. The number of carbonyl (C=O) groups is 1. The van der Waals surface area contributed by atoms with E-state index in [4.69, 9.17) is 0 Å². The lowest BCUT2D eigenvalue weighted by atomic mass is 10.1. The maximum atomic E-state index is 11.6. The van der Waals surface area contributed by atoms with Crippen LogP contribution in [0.1, 0.15) is 36.8 Å². The number of hydrogen-bond donors (Lipinski definition) is 2. The molecule has 0 bridgehead atoms. The summed E-state index contributed by atoms with van der Waals surface area (Å²) in [6.45, 7) is 2.06. The Morgan fingerprint density at radius 2 is 1.89 bits per heavy atom. The molecule has 0 atom stereocenters. The molecule has 0 radical (unpaired) electrons. The Labute approximate surface area is 108 Å². The lowest BCUT2D eigenvalue weighted by Crippen LogP contribution is -2.38. The Hall–Kier alpha value is -1.77. The lowest BCUT2D eigenvalue weighted by Gasteiger charge is -2.10. The normalized spacial score (nSPS) is 16.1. The van der Waals surface area contributed by atoms with Crippen LogP contribution < -0.4 is 10.6 Å². The Morgan fingerprint density at radius 1 is 1.22 bits per heavy atom. The number of carbonyl (C=O) groups excluding carboxylic acids is 1. The molecule has 1 aromatic carbocycles. The molecule has 1 aliphatic rings. The number of urea groups is 1. The van der Waals surface area contributed by atoms with Crippen LogP contribution in [0.4, 0.5) is 4.79 Å². The number of amides is 2. The zero-order chi connectivity index (χ0) is 12.8. The molecule has 1 aromatic rings. The second-order valence-corrected chi connectivity index (χ2v) is 4.84. The maximum absolute atomic E-state index is 11.6. The van der Waals surface area contributed by atoms with E-state index in [-0.39, 0.29) is 6.03 Å². The van der Waals surface area contributed by atoms with Gasteiger partial charge in [-0.1, -0.05) is 42.7 Å². The molecule has 18 heavy (non-hydrogen) atoms. The van der Waals surface area contributed by atoms with Gasteiger partial charge >= 0.3 is 6.03 Å². The highest BCUT2D eigenvalue weighted by atomic mass is 16.2. The molecule has 1 fully saturated rings. The van der Waals surface area contributed by atoms with Gasteiger partial charge in [0.2, 0.25) is 0 Å². The van der Waals surface area contributed by atoms with Crippen molar-refractivity contribution in [2.45, 2.75) is 38.6 Å². The van der Waals surface area contributed by atoms with E-state index in [1.54, 1.807) is 6.20 Å². The second kappa shape index (κ2) is 6.24. The number of aryl methyl sites for hydroxylation is 1. The Balaban J connectivity index is 1.76. The van der Waals surface area contributed by atoms with Gasteiger partial charge in [-0.3, -0.25) is 0 Å². The first kappa shape index (κ1) is 12.7. The van der Waals surface area contributed by atoms with Gasteiger partial charge in [-0.2, -0.15) is 0 Å². The molecule has 2 N–H and O–H groups in total. The van der Waals surface area contributed by atoms with E-state index in [1.165, 1.54) is 18.4 Å². The van der Waals surface area contributed by atoms with Crippen LogP contribution in [0.15, 0.2) is 30.5 Å². The highest BCUT2D eigenvalue weighted by molar-refractivity contribution is 5.76. The first-order valence-corrected chi connectivity index (χ1v) is 6.54. The third kappa shape index (κ3) is 3.91. The van der Waals surface area contributed by atoms with Crippen molar-refractivity contribution in [2.75, 3.05) is 0 Å². The highest BCUT2D eigenvalue weighted by Crippen LogP contribution is 2.17. The molecular weight excluding hydrogens is 224 g/mol. The fourth-order valence-electron chi connectivity index (χ4n) is 2.19. The van der Waals surface area contributed by atoms with Gasteiger partial charge in [-0.25, -0.2) is 4.79 Å². The van der Waals surface area contributed by atoms with Crippen LogP contribution >= 0.6 is 0 Å². The molecule has 0 unspecified atom stereocenters. The summed E-state index contributed by atoms with van der Waals surface area (Å²) in [7, 11) is 0. The SMILES string of the molecule is Cc1ccc(/C=C/NC(=O)NC2CCCC2)cc1. The molecule has 0 heterocycles. The molecule has 2 amide bonds. The maximum Gasteiger partial charge on any atom is 0.318 e. The fourth-order valence-corrected chi connectivity index (χ4v) is 2.19. The number of benzene rings is 1. The Morgan fingerprint density at radius 3 is 2.56 bits per heavy atom. The Kier molecular flexibility index (Phi) is 4.40. The zero-order valence-electron chi connectivity index (χ0n) is 10.8. The van der Waals surface area contributed by atoms with Gasteiger partial charge in [0.05, 0.1) is 0 Å². The minimum absolute atomic E-state index is 0.106. The summed E-state index contributed by atoms with van der Waals surface area (Å²) in [4.78, 5) is 11.6. The smallest absolute Gasteiger partial charge is 0.318 e. The van der Waals surface area contributed by atoms with E-state index in [9.17, 15) is 4.79 Å². The zero-order valence-corrected chi connectivity index (χ0v) is 10.8. The van der Waals surface area contributed by atoms with Gasteiger partial charge in [-0.15, -0.1) is 0 Å². The largest absolute Gasteiger partial charge is 0.335 e. The average Bonchev–Trinajstić information content (AvgIpc) is 2.84. The molecule has 0 spiro atoms. The van der Waals surface area contributed by atoms with Crippen molar-refractivity contribution in [3.05, 3.63) is 41.6 Å². The van der Waals surface area contributed by atoms with E-state index in [2.05, 4.69) is 29.7 Å². The van der Waals surface area contributed by atoms with Gasteiger partial charge in [0, 0.05) is 12.2 Å². The molecule has 3 heteroatoms. The predicted octanol–water partition coefficient (Wildman–Crippen LogP) is 3.21. The molecule has 2 rings (SSSR count). The van der Waals surface area contributed by atoms with Crippen molar-refractivity contribution in [1.29, 1.82) is 0 Å². The second-order valence-electron chi connectivity index (χ2n) is 4.84. The van der Waals surface area contributed by atoms with Crippen molar-refractivity contribution in [2.24, 2.45) is 0 Å². The van der Waals surface area contributed by atoms with E-state index in [0.717, 1.165) is 18.4 Å². The van der Waals surface area contributed by atoms with Gasteiger partial charge in [0.1, 0.15) is 0 Å². The summed E-state index contributed by atoms with van der Waals surface area (Å²) >= 11 is 0. The minimum atomic E-state index is -0.106. The third-order valence-corrected chi connectivity index (χ3v) is 3.26. The van der Waals surface area contributed by atoms with Crippen molar-refractivity contribution in [3.63, 3.8) is 0 Å². The summed E-state index contributed by atoms with van der Waals surface area (Å²) in [5.41, 5.74) is 2.32. The van der Waals surface area contributed by atoms with Crippen LogP contribution in [0, 0.1) is 6.92 Å². The van der Waals surface area contributed by atoms with Gasteiger partial charge in [0.15, 0.2) is 0 Å². The van der Waals surface area contributed by atoms with Crippen LogP contribution in [0.3, 0.4) is 0 Å². The van der Waals surface area contributed by atoms with Crippen LogP contribution in [-0.4, -0.2) is 12.1 Å². The average molecular weight is 244 g/mol. The molecular formula is C15H20N2O. The van der Waals surface area contributed by atoms with Gasteiger partial charge in [-0.05, 0) is 31.4 Å². The Bertz CT molecular complexity index is 417.